The molecular formula is C35H46F3N3O7. The van der Waals surface area contributed by atoms with Crippen LogP contribution in [0.1, 0.15) is 74.5 Å². The first-order chi connectivity index (χ1) is 22.8. The van der Waals surface area contributed by atoms with Crippen molar-refractivity contribution in [2.24, 2.45) is 0 Å². The quantitative estimate of drug-likeness (QED) is 0.139. The second-order valence-electron chi connectivity index (χ2n) is 13.4. The third kappa shape index (κ3) is 8.55. The highest BCUT2D eigenvalue weighted by Crippen LogP contribution is 2.44. The van der Waals surface area contributed by atoms with E-state index >= 15 is 0 Å². The van der Waals surface area contributed by atoms with Crippen molar-refractivity contribution in [2.75, 3.05) is 29.5 Å². The highest BCUT2D eigenvalue weighted by molar-refractivity contribution is 6.05. The molecule has 0 unspecified atom stereocenters. The number of rotatable bonds is 17. The van der Waals surface area contributed by atoms with Crippen LogP contribution in [0.2, 0.25) is 0 Å². The third-order valence-corrected chi connectivity index (χ3v) is 9.75. The van der Waals surface area contributed by atoms with Crippen LogP contribution < -0.4 is 15.1 Å². The van der Waals surface area contributed by atoms with Gasteiger partial charge in [-0.2, -0.15) is 13.2 Å². The highest BCUT2D eigenvalue weighted by atomic mass is 19.4. The number of carbonyl (C=O) groups excluding carboxylic acids is 2. The number of hydrogen-bond acceptors (Lipinski definition) is 9. The van der Waals surface area contributed by atoms with Gasteiger partial charge in [-0.15, -0.1) is 0 Å². The fraction of sp³-hybridized carbons (Fsp3) is 0.600. The Labute approximate surface area is 278 Å². The Morgan fingerprint density at radius 2 is 1.60 bits per heavy atom. The monoisotopic (exact) mass is 677 g/mol. The van der Waals surface area contributed by atoms with Gasteiger partial charge in [0.25, 0.3) is 0 Å². The molecule has 2 aliphatic carbocycles. The van der Waals surface area contributed by atoms with Crippen LogP contribution in [-0.4, -0.2) is 92.9 Å². The average molecular weight is 678 g/mol. The number of aliphatic hydroxyl groups is 5. The molecule has 264 valence electrons. The number of ketones is 1. The second-order valence-corrected chi connectivity index (χ2v) is 13.4. The number of alkyl halides is 3. The maximum Gasteiger partial charge on any atom is 0.416 e. The summed E-state index contributed by atoms with van der Waals surface area (Å²) in [5.74, 6) is -0.299. The van der Waals surface area contributed by atoms with Crippen LogP contribution >= 0.6 is 0 Å². The lowest BCUT2D eigenvalue weighted by molar-refractivity contribution is -0.138. The smallest absolute Gasteiger partial charge is 0.394 e. The lowest BCUT2D eigenvalue weighted by Crippen LogP contribution is -2.53. The van der Waals surface area contributed by atoms with Gasteiger partial charge in [0, 0.05) is 38.5 Å². The number of nitrogens with one attached hydrogen (secondary N) is 1. The summed E-state index contributed by atoms with van der Waals surface area (Å²) >= 11 is 0. The summed E-state index contributed by atoms with van der Waals surface area (Å²) in [4.78, 5) is 30.3. The topological polar surface area (TPSA) is 154 Å². The van der Waals surface area contributed by atoms with Crippen molar-refractivity contribution in [3.05, 3.63) is 59.2 Å². The van der Waals surface area contributed by atoms with E-state index in [1.807, 2.05) is 24.3 Å². The molecule has 1 heterocycles. The molecule has 2 fully saturated rings. The Bertz CT molecular complexity index is 1430. The number of aryl methyl sites for hydroxylation is 1. The highest BCUT2D eigenvalue weighted by Gasteiger charge is 2.53. The van der Waals surface area contributed by atoms with Gasteiger partial charge in [0.2, 0.25) is 5.91 Å². The van der Waals surface area contributed by atoms with Crippen molar-refractivity contribution in [2.45, 2.75) is 113 Å². The van der Waals surface area contributed by atoms with Crippen LogP contribution in [0, 0.1) is 0 Å². The van der Waals surface area contributed by atoms with E-state index in [0.717, 1.165) is 36.8 Å². The van der Waals surface area contributed by atoms with Crippen molar-refractivity contribution in [1.29, 1.82) is 0 Å². The summed E-state index contributed by atoms with van der Waals surface area (Å²) in [5, 5.41) is 51.1. The lowest BCUT2D eigenvalue weighted by atomic mass is 9.97. The molecule has 2 aromatic rings. The number of amides is 1. The van der Waals surface area contributed by atoms with Gasteiger partial charge >= 0.3 is 6.18 Å². The normalized spacial score (nSPS) is 19.8. The molecule has 2 saturated carbocycles. The molecule has 0 spiro atoms. The minimum absolute atomic E-state index is 0.0650. The molecule has 3 aliphatic rings. The van der Waals surface area contributed by atoms with Gasteiger partial charge in [-0.25, -0.2) is 0 Å². The number of Topliss-reactive ketones (excluding diaryl/α,β-unsaturated/α-hetero) is 1. The summed E-state index contributed by atoms with van der Waals surface area (Å²) in [6.45, 7) is 0.340. The van der Waals surface area contributed by atoms with Crippen LogP contribution in [0.3, 0.4) is 0 Å². The Kier molecular flexibility index (Phi) is 11.5. The van der Waals surface area contributed by atoms with Gasteiger partial charge in [0.05, 0.1) is 35.2 Å². The first-order valence-electron chi connectivity index (χ1n) is 16.8. The van der Waals surface area contributed by atoms with Gasteiger partial charge < -0.3 is 35.3 Å². The first-order valence-corrected chi connectivity index (χ1v) is 16.8. The van der Waals surface area contributed by atoms with Gasteiger partial charge in [0.1, 0.15) is 24.1 Å². The second kappa shape index (κ2) is 15.2. The molecule has 1 aliphatic heterocycles. The molecular weight excluding hydrogens is 631 g/mol. The summed E-state index contributed by atoms with van der Waals surface area (Å²) in [6, 6.07) is 12.3. The van der Waals surface area contributed by atoms with Gasteiger partial charge in [-0.05, 0) is 80.7 Å². The number of unbranched alkanes of at least 4 members (excludes halogenated alkanes) is 1. The molecule has 5 rings (SSSR count). The van der Waals surface area contributed by atoms with Crippen LogP contribution in [0.4, 0.5) is 24.5 Å². The number of carbonyl (C=O) groups is 2. The number of fused-ring (bicyclic) bond motifs is 1. The summed E-state index contributed by atoms with van der Waals surface area (Å²) in [7, 11) is 0. The Hall–Kier alpha value is -3.07. The van der Waals surface area contributed by atoms with Crippen molar-refractivity contribution >= 4 is 23.1 Å². The van der Waals surface area contributed by atoms with E-state index in [9.17, 15) is 43.2 Å². The van der Waals surface area contributed by atoms with Gasteiger partial charge in [0.15, 0.2) is 0 Å². The molecule has 2 aromatic carbocycles. The number of benzene rings is 2. The average Bonchev–Trinajstić information content (AvgIpc) is 4.02. The van der Waals surface area contributed by atoms with Crippen molar-refractivity contribution < 1.29 is 48.3 Å². The predicted octanol–water partition coefficient (Wildman–Crippen LogP) is 2.84. The largest absolute Gasteiger partial charge is 0.416 e. The zero-order chi connectivity index (χ0) is 34.6. The zero-order valence-electron chi connectivity index (χ0n) is 26.9. The van der Waals surface area contributed by atoms with E-state index in [1.165, 1.54) is 12.1 Å². The van der Waals surface area contributed by atoms with E-state index in [2.05, 4.69) is 10.2 Å². The number of aliphatic hydroxyl groups excluding tert-OH is 5. The number of nitrogens with zero attached hydrogens (tertiary/aromatic N) is 2. The molecule has 6 N–H and O–H groups in total. The number of anilines is 2. The van der Waals surface area contributed by atoms with E-state index in [0.29, 0.717) is 50.3 Å². The molecule has 1 amide bonds. The van der Waals surface area contributed by atoms with Gasteiger partial charge in [-0.3, -0.25) is 14.9 Å². The van der Waals surface area contributed by atoms with E-state index in [1.54, 1.807) is 4.90 Å². The number of halogens is 3. The minimum atomic E-state index is -4.56. The van der Waals surface area contributed by atoms with Crippen LogP contribution in [0.5, 0.6) is 0 Å². The van der Waals surface area contributed by atoms with Crippen LogP contribution in [0.15, 0.2) is 42.5 Å². The van der Waals surface area contributed by atoms with Crippen LogP contribution in [-0.2, 0) is 28.7 Å². The third-order valence-electron chi connectivity index (χ3n) is 9.75. The summed E-state index contributed by atoms with van der Waals surface area (Å²) in [6.07, 6.45) is -6.38. The maximum absolute atomic E-state index is 14.0. The molecule has 0 saturated heterocycles. The molecule has 13 heteroatoms. The van der Waals surface area contributed by atoms with E-state index in [-0.39, 0.29) is 43.1 Å². The number of para-hydroxylation sites is 2. The van der Waals surface area contributed by atoms with E-state index in [4.69, 9.17) is 5.11 Å². The molecule has 48 heavy (non-hydrogen) atoms. The minimum Gasteiger partial charge on any atom is -0.394 e. The predicted molar refractivity (Wildman–Crippen MR) is 172 cm³/mol. The lowest BCUT2D eigenvalue weighted by Gasteiger charge is -2.39. The fourth-order valence-corrected chi connectivity index (χ4v) is 6.52. The molecule has 10 nitrogen and oxygen atoms in total. The summed E-state index contributed by atoms with van der Waals surface area (Å²) in [5.41, 5.74) is 0.955. The molecule has 4 atom stereocenters. The Morgan fingerprint density at radius 1 is 0.917 bits per heavy atom. The van der Waals surface area contributed by atoms with Gasteiger partial charge in [-0.1, -0.05) is 24.3 Å². The van der Waals surface area contributed by atoms with Crippen molar-refractivity contribution in [3.63, 3.8) is 0 Å². The maximum atomic E-state index is 14.0. The SMILES string of the molecule is O=C(CCCCc1ccc(C(F)(F)F)c(CNC2(C(=O)N3CCN(C4CC4)c4ccccc43)CC2)c1)CC[C@H](O)[C@@H](O)[C@H](O)[C@H](O)CO. The van der Waals surface area contributed by atoms with Crippen molar-refractivity contribution in [1.82, 2.24) is 5.32 Å². The molecule has 0 aromatic heterocycles. The summed E-state index contributed by atoms with van der Waals surface area (Å²) < 4.78 is 42.0. The standard InChI is InChI=1S/C35H46F3N3O7/c36-35(37,38)26-13-9-22(5-1-2-6-25(43)12-14-29(44)31(46)32(47)30(45)21-42)19-23(26)20-39-34(15-16-34)33(48)41-18-17-40(24-10-11-24)27-7-3-4-8-28(27)41/h3-4,7-9,13,19,24,29-32,39,42,44-47H,1-2,5-6,10-12,14-18,20-21H2/t29-,30+,31+,32+/m0/s1. The van der Waals surface area contributed by atoms with Crippen LogP contribution in [0.25, 0.3) is 0 Å². The fourth-order valence-electron chi connectivity index (χ4n) is 6.52. The number of hydrogen-bond donors (Lipinski definition) is 6. The Morgan fingerprint density at radius 3 is 2.25 bits per heavy atom. The van der Waals surface area contributed by atoms with Crippen molar-refractivity contribution in [3.8, 4) is 0 Å². The molecule has 0 bridgehead atoms. The van der Waals surface area contributed by atoms with E-state index < -0.39 is 48.3 Å². The first kappa shape index (κ1) is 36.2. The zero-order valence-corrected chi connectivity index (χ0v) is 26.9. The molecule has 0 radical (unpaired) electrons. The Balaban J connectivity index is 1.14.